The number of aryl methyl sites for hydroxylation is 2. The molecule has 0 saturated carbocycles. The zero-order valence-corrected chi connectivity index (χ0v) is 19.2. The van der Waals surface area contributed by atoms with Gasteiger partial charge in [-0.15, -0.1) is 0 Å². The van der Waals surface area contributed by atoms with Crippen LogP contribution in [0.5, 0.6) is 0 Å². The molecule has 0 bridgehead atoms. The van der Waals surface area contributed by atoms with E-state index >= 15 is 0 Å². The van der Waals surface area contributed by atoms with Gasteiger partial charge in [-0.05, 0) is 62.9 Å². The number of benzene rings is 2. The summed E-state index contributed by atoms with van der Waals surface area (Å²) in [5, 5.41) is 3.92. The highest BCUT2D eigenvalue weighted by Crippen LogP contribution is 2.29. The van der Waals surface area contributed by atoms with Crippen molar-refractivity contribution in [1.29, 1.82) is 0 Å². The van der Waals surface area contributed by atoms with Crippen molar-refractivity contribution < 1.29 is 17.7 Å². The van der Waals surface area contributed by atoms with Gasteiger partial charge in [0.25, 0.3) is 10.0 Å². The van der Waals surface area contributed by atoms with Crippen LogP contribution in [0.25, 0.3) is 11.4 Å². The lowest BCUT2D eigenvalue weighted by molar-refractivity contribution is 0.0743. The third kappa shape index (κ3) is 4.12. The van der Waals surface area contributed by atoms with E-state index in [2.05, 4.69) is 10.1 Å². The number of anilines is 1. The maximum atomic E-state index is 13.6. The second kappa shape index (κ2) is 8.74. The van der Waals surface area contributed by atoms with Crippen molar-refractivity contribution in [1.82, 2.24) is 15.0 Å². The minimum Gasteiger partial charge on any atom is -0.334 e. The summed E-state index contributed by atoms with van der Waals surface area (Å²) < 4.78 is 33.7. The Balaban J connectivity index is 1.69. The van der Waals surface area contributed by atoms with Crippen molar-refractivity contribution in [2.24, 2.45) is 0 Å². The quantitative estimate of drug-likeness (QED) is 0.562. The number of nitrogens with zero attached hydrogens (tertiary/aromatic N) is 4. The van der Waals surface area contributed by atoms with Crippen molar-refractivity contribution in [2.75, 3.05) is 23.9 Å². The first-order valence-electron chi connectivity index (χ1n) is 10.6. The summed E-state index contributed by atoms with van der Waals surface area (Å²) >= 11 is 0. The Morgan fingerprint density at radius 2 is 1.88 bits per heavy atom. The smallest absolute Gasteiger partial charge is 0.316 e. The van der Waals surface area contributed by atoms with E-state index in [0.717, 1.165) is 18.4 Å². The van der Waals surface area contributed by atoms with Gasteiger partial charge in [0.05, 0.1) is 10.6 Å². The number of sulfonamides is 1. The SMILES string of the molecule is CCN(c1cccc(C)c1)S(=O)(=O)c1cc(-c2noc(C(=O)N3CCCC3)n2)ccc1C. The van der Waals surface area contributed by atoms with E-state index < -0.39 is 10.0 Å². The number of likely N-dealkylation sites (tertiary alicyclic amines) is 1. The molecular weight excluding hydrogens is 428 g/mol. The number of hydrogen-bond donors (Lipinski definition) is 0. The Morgan fingerprint density at radius 1 is 1.12 bits per heavy atom. The van der Waals surface area contributed by atoms with Crippen molar-refractivity contribution in [3.05, 3.63) is 59.5 Å². The average Bonchev–Trinajstić information content (AvgIpc) is 3.46. The zero-order valence-electron chi connectivity index (χ0n) is 18.4. The third-order valence-corrected chi connectivity index (χ3v) is 7.64. The van der Waals surface area contributed by atoms with Gasteiger partial charge in [0.2, 0.25) is 5.82 Å². The maximum absolute atomic E-state index is 13.6. The predicted molar refractivity (Wildman–Crippen MR) is 121 cm³/mol. The van der Waals surface area contributed by atoms with Crippen LogP contribution in [0.3, 0.4) is 0 Å². The Labute approximate surface area is 187 Å². The van der Waals surface area contributed by atoms with Crippen LogP contribution in [0.4, 0.5) is 5.69 Å². The number of carbonyl (C=O) groups is 1. The van der Waals surface area contributed by atoms with E-state index in [1.54, 1.807) is 36.9 Å². The van der Waals surface area contributed by atoms with E-state index in [1.807, 2.05) is 25.1 Å². The molecule has 0 atom stereocenters. The molecule has 0 N–H and O–H groups in total. The lowest BCUT2D eigenvalue weighted by Crippen LogP contribution is -2.31. The number of rotatable bonds is 6. The molecule has 1 aliphatic heterocycles. The Kier molecular flexibility index (Phi) is 6.01. The predicted octanol–water partition coefficient (Wildman–Crippen LogP) is 3.80. The van der Waals surface area contributed by atoms with Gasteiger partial charge in [0, 0.05) is 25.2 Å². The maximum Gasteiger partial charge on any atom is 0.316 e. The molecule has 9 heteroatoms. The van der Waals surface area contributed by atoms with E-state index in [0.29, 0.717) is 29.9 Å². The molecule has 8 nitrogen and oxygen atoms in total. The van der Waals surface area contributed by atoms with Crippen molar-refractivity contribution in [3.63, 3.8) is 0 Å². The van der Waals surface area contributed by atoms with Crippen LogP contribution in [0.2, 0.25) is 0 Å². The van der Waals surface area contributed by atoms with E-state index in [9.17, 15) is 13.2 Å². The number of carbonyl (C=O) groups excluding carboxylic acids is 1. The molecule has 1 aromatic heterocycles. The Morgan fingerprint density at radius 3 is 2.56 bits per heavy atom. The fourth-order valence-electron chi connectivity index (χ4n) is 3.89. The van der Waals surface area contributed by atoms with Gasteiger partial charge in [-0.3, -0.25) is 9.10 Å². The molecule has 3 aromatic rings. The minimum atomic E-state index is -3.83. The van der Waals surface area contributed by atoms with Gasteiger partial charge in [-0.2, -0.15) is 4.98 Å². The molecule has 32 heavy (non-hydrogen) atoms. The largest absolute Gasteiger partial charge is 0.334 e. The summed E-state index contributed by atoms with van der Waals surface area (Å²) in [6.45, 7) is 7.11. The van der Waals surface area contributed by atoms with Crippen molar-refractivity contribution in [2.45, 2.75) is 38.5 Å². The highest BCUT2D eigenvalue weighted by atomic mass is 32.2. The number of hydrogen-bond acceptors (Lipinski definition) is 6. The highest BCUT2D eigenvalue weighted by Gasteiger charge is 2.28. The first-order valence-corrected chi connectivity index (χ1v) is 12.1. The van der Waals surface area contributed by atoms with E-state index in [1.165, 1.54) is 10.4 Å². The molecular formula is C23H26N4O4S. The summed E-state index contributed by atoms with van der Waals surface area (Å²) in [6, 6.07) is 12.4. The molecule has 0 radical (unpaired) electrons. The second-order valence-corrected chi connectivity index (χ2v) is 9.74. The summed E-state index contributed by atoms with van der Waals surface area (Å²) in [4.78, 5) is 18.6. The molecule has 1 aliphatic rings. The molecule has 0 unspecified atom stereocenters. The van der Waals surface area contributed by atoms with Crippen LogP contribution in [0.15, 0.2) is 51.9 Å². The minimum absolute atomic E-state index is 0.0816. The van der Waals surface area contributed by atoms with Crippen LogP contribution in [-0.2, 0) is 10.0 Å². The zero-order chi connectivity index (χ0) is 22.9. The van der Waals surface area contributed by atoms with Gasteiger partial charge in [0.1, 0.15) is 0 Å². The lowest BCUT2D eigenvalue weighted by Gasteiger charge is -2.24. The van der Waals surface area contributed by atoms with Gasteiger partial charge in [-0.25, -0.2) is 8.42 Å². The molecule has 0 aliphatic carbocycles. The fraction of sp³-hybridized carbons (Fsp3) is 0.348. The standard InChI is InChI=1S/C23H26N4O4S/c1-4-27(19-9-7-8-16(2)14-19)32(29,30)20-15-18(11-10-17(20)3)21-24-22(31-25-21)23(28)26-12-5-6-13-26/h7-11,14-15H,4-6,12-13H2,1-3H3. The summed E-state index contributed by atoms with van der Waals surface area (Å²) in [5.41, 5.74) is 2.66. The second-order valence-electron chi connectivity index (χ2n) is 7.91. The van der Waals surface area contributed by atoms with Crippen LogP contribution in [0.1, 0.15) is 41.6 Å². The molecule has 1 amide bonds. The van der Waals surface area contributed by atoms with Crippen LogP contribution in [-0.4, -0.2) is 49.0 Å². The summed E-state index contributed by atoms with van der Waals surface area (Å²) in [5.74, 6) is -0.192. The van der Waals surface area contributed by atoms with Crippen LogP contribution in [0, 0.1) is 13.8 Å². The van der Waals surface area contributed by atoms with Crippen LogP contribution >= 0.6 is 0 Å². The molecule has 4 rings (SSSR count). The molecule has 2 aromatic carbocycles. The third-order valence-electron chi connectivity index (χ3n) is 5.59. The number of aromatic nitrogens is 2. The number of amides is 1. The van der Waals surface area contributed by atoms with Crippen molar-refractivity contribution in [3.8, 4) is 11.4 Å². The fourth-order valence-corrected chi connectivity index (χ4v) is 5.61. The normalized spacial score (nSPS) is 14.0. The van der Waals surface area contributed by atoms with Gasteiger partial charge in [-0.1, -0.05) is 29.4 Å². The highest BCUT2D eigenvalue weighted by molar-refractivity contribution is 7.92. The Bertz CT molecular complexity index is 1250. The van der Waals surface area contributed by atoms with Crippen molar-refractivity contribution >= 4 is 21.6 Å². The molecule has 2 heterocycles. The van der Waals surface area contributed by atoms with Gasteiger partial charge >= 0.3 is 11.8 Å². The summed E-state index contributed by atoms with van der Waals surface area (Å²) in [7, 11) is -3.83. The lowest BCUT2D eigenvalue weighted by atomic mass is 10.1. The first-order chi connectivity index (χ1) is 15.3. The molecule has 0 spiro atoms. The topological polar surface area (TPSA) is 96.6 Å². The van der Waals surface area contributed by atoms with Gasteiger partial charge in [0.15, 0.2) is 0 Å². The average molecular weight is 455 g/mol. The summed E-state index contributed by atoms with van der Waals surface area (Å²) in [6.07, 6.45) is 1.92. The Hall–Kier alpha value is -3.20. The molecule has 1 fully saturated rings. The monoisotopic (exact) mass is 454 g/mol. The van der Waals surface area contributed by atoms with Crippen LogP contribution < -0.4 is 4.31 Å². The molecule has 168 valence electrons. The first kappa shape index (κ1) is 22.0. The van der Waals surface area contributed by atoms with Gasteiger partial charge < -0.3 is 9.42 Å². The van der Waals surface area contributed by atoms with E-state index in [-0.39, 0.29) is 29.1 Å². The molecule has 1 saturated heterocycles. The van der Waals surface area contributed by atoms with E-state index in [4.69, 9.17) is 4.52 Å².